The lowest BCUT2D eigenvalue weighted by Crippen LogP contribution is -2.48. The number of methoxy groups -OCH3 is 1. The zero-order valence-corrected chi connectivity index (χ0v) is 15.2. The minimum Gasteiger partial charge on any atom is -0.493 e. The molecule has 0 radical (unpaired) electrons. The molecule has 2 rings (SSSR count). The molecule has 10 nitrogen and oxygen atoms in total. The molecule has 0 aliphatic rings. The number of hydrazine groups is 1. The number of carbonyl (C=O) groups excluding carboxylic acids is 2. The Morgan fingerprint density at radius 2 is 1.71 bits per heavy atom. The molecular weight excluding hydrogens is 370 g/mol. The van der Waals surface area contributed by atoms with Gasteiger partial charge >= 0.3 is 0 Å². The molecule has 0 heterocycles. The number of hydrogen-bond acceptors (Lipinski definition) is 7. The van der Waals surface area contributed by atoms with Gasteiger partial charge in [0.25, 0.3) is 17.5 Å². The maximum absolute atomic E-state index is 12.0. The molecule has 28 heavy (non-hydrogen) atoms. The molecule has 1 unspecified atom stereocenters. The molecule has 2 aromatic rings. The van der Waals surface area contributed by atoms with Crippen LogP contribution in [0.25, 0.3) is 0 Å². The van der Waals surface area contributed by atoms with E-state index in [4.69, 9.17) is 14.2 Å². The maximum Gasteiger partial charge on any atom is 0.279 e. The van der Waals surface area contributed by atoms with Gasteiger partial charge in [-0.2, -0.15) is 0 Å². The Morgan fingerprint density at radius 3 is 2.32 bits per heavy atom. The van der Waals surface area contributed by atoms with Gasteiger partial charge in [0.1, 0.15) is 5.75 Å². The molecule has 2 N–H and O–H groups in total. The molecule has 0 bridgehead atoms. The smallest absolute Gasteiger partial charge is 0.279 e. The van der Waals surface area contributed by atoms with Crippen LogP contribution in [0.2, 0.25) is 0 Å². The van der Waals surface area contributed by atoms with Crippen LogP contribution < -0.4 is 25.1 Å². The average Bonchev–Trinajstić information content (AvgIpc) is 2.70. The number of nitro groups is 1. The zero-order chi connectivity index (χ0) is 20.5. The SMILES string of the molecule is COc1ccccc1OCC(=O)NNC(=O)C(C)Oc1ccc([N+](=O)[O-])cc1. The number of rotatable bonds is 8. The van der Waals surface area contributed by atoms with E-state index in [0.29, 0.717) is 11.5 Å². The van der Waals surface area contributed by atoms with Gasteiger partial charge in [-0.3, -0.25) is 30.6 Å². The molecular formula is C18H19N3O7. The van der Waals surface area contributed by atoms with Crippen molar-refractivity contribution in [2.24, 2.45) is 0 Å². The number of benzene rings is 2. The highest BCUT2D eigenvalue weighted by Gasteiger charge is 2.16. The van der Waals surface area contributed by atoms with Gasteiger partial charge < -0.3 is 14.2 Å². The normalized spacial score (nSPS) is 11.1. The van der Waals surface area contributed by atoms with Crippen LogP contribution in [0.5, 0.6) is 17.2 Å². The van der Waals surface area contributed by atoms with Gasteiger partial charge in [0.05, 0.1) is 12.0 Å². The summed E-state index contributed by atoms with van der Waals surface area (Å²) in [5.41, 5.74) is 4.33. The first kappa shape index (κ1) is 20.5. The average molecular weight is 389 g/mol. The Balaban J connectivity index is 1.77. The van der Waals surface area contributed by atoms with Gasteiger partial charge in [-0.1, -0.05) is 12.1 Å². The summed E-state index contributed by atoms with van der Waals surface area (Å²) in [4.78, 5) is 33.9. The molecule has 0 aromatic heterocycles. The van der Waals surface area contributed by atoms with Gasteiger partial charge in [-0.05, 0) is 31.2 Å². The lowest BCUT2D eigenvalue weighted by Gasteiger charge is -2.15. The molecule has 148 valence electrons. The second kappa shape index (κ2) is 9.76. The predicted molar refractivity (Wildman–Crippen MR) is 98.0 cm³/mol. The lowest BCUT2D eigenvalue weighted by molar-refractivity contribution is -0.384. The van der Waals surface area contributed by atoms with Gasteiger partial charge in [-0.15, -0.1) is 0 Å². The van der Waals surface area contributed by atoms with E-state index in [0.717, 1.165) is 0 Å². The monoisotopic (exact) mass is 389 g/mol. The topological polar surface area (TPSA) is 129 Å². The van der Waals surface area contributed by atoms with Gasteiger partial charge in [-0.25, -0.2) is 0 Å². The van der Waals surface area contributed by atoms with Crippen LogP contribution in [-0.4, -0.2) is 36.6 Å². The highest BCUT2D eigenvalue weighted by atomic mass is 16.6. The van der Waals surface area contributed by atoms with Crippen LogP contribution in [0.15, 0.2) is 48.5 Å². The molecule has 0 aliphatic heterocycles. The number of ether oxygens (including phenoxy) is 3. The van der Waals surface area contributed by atoms with Gasteiger partial charge in [0.2, 0.25) is 0 Å². The summed E-state index contributed by atoms with van der Waals surface area (Å²) >= 11 is 0. The quantitative estimate of drug-likeness (QED) is 0.518. The summed E-state index contributed by atoms with van der Waals surface area (Å²) in [5, 5.41) is 10.6. The largest absolute Gasteiger partial charge is 0.493 e. The molecule has 0 fully saturated rings. The van der Waals surface area contributed by atoms with E-state index in [1.54, 1.807) is 24.3 Å². The predicted octanol–water partition coefficient (Wildman–Crippen LogP) is 1.60. The van der Waals surface area contributed by atoms with Crippen molar-refractivity contribution in [2.45, 2.75) is 13.0 Å². The first-order valence-corrected chi connectivity index (χ1v) is 8.16. The Hall–Kier alpha value is -3.82. The fraction of sp³-hybridized carbons (Fsp3) is 0.222. The van der Waals surface area contributed by atoms with Gasteiger partial charge in [0, 0.05) is 12.1 Å². The highest BCUT2D eigenvalue weighted by Crippen LogP contribution is 2.25. The van der Waals surface area contributed by atoms with Crippen molar-refractivity contribution in [3.05, 3.63) is 58.6 Å². The number of amides is 2. The Bertz CT molecular complexity index is 839. The van der Waals surface area contributed by atoms with E-state index >= 15 is 0 Å². The molecule has 0 saturated heterocycles. The fourth-order valence-electron chi connectivity index (χ4n) is 2.05. The first-order valence-electron chi connectivity index (χ1n) is 8.16. The van der Waals surface area contributed by atoms with E-state index in [-0.39, 0.29) is 18.0 Å². The van der Waals surface area contributed by atoms with Crippen LogP contribution in [0.4, 0.5) is 5.69 Å². The van der Waals surface area contributed by atoms with Crippen LogP contribution >= 0.6 is 0 Å². The third-order valence-corrected chi connectivity index (χ3v) is 3.48. The summed E-state index contributed by atoms with van der Waals surface area (Å²) in [6.45, 7) is 1.13. The van der Waals surface area contributed by atoms with E-state index in [1.807, 2.05) is 0 Å². The standard InChI is InChI=1S/C18H19N3O7/c1-12(28-14-9-7-13(8-10-14)21(24)25)18(23)20-19-17(22)11-27-16-6-4-3-5-15(16)26-2/h3-10,12H,11H2,1-2H3,(H,19,22)(H,20,23). The summed E-state index contributed by atoms with van der Waals surface area (Å²) < 4.78 is 15.8. The first-order chi connectivity index (χ1) is 13.4. The highest BCUT2D eigenvalue weighted by molar-refractivity contribution is 5.85. The van der Waals surface area contributed by atoms with E-state index in [1.165, 1.54) is 38.3 Å². The summed E-state index contributed by atoms with van der Waals surface area (Å²) in [7, 11) is 1.48. The molecule has 0 aliphatic carbocycles. The number of carbonyl (C=O) groups is 2. The number of hydrogen-bond donors (Lipinski definition) is 2. The maximum atomic E-state index is 12.0. The number of nitrogens with one attached hydrogen (secondary N) is 2. The number of para-hydroxylation sites is 2. The number of nitro benzene ring substituents is 1. The van der Waals surface area contributed by atoms with Crippen molar-refractivity contribution < 1.29 is 28.7 Å². The Morgan fingerprint density at radius 1 is 1.07 bits per heavy atom. The third-order valence-electron chi connectivity index (χ3n) is 3.48. The number of non-ortho nitro benzene ring substituents is 1. The molecule has 0 spiro atoms. The summed E-state index contributed by atoms with van der Waals surface area (Å²) in [5.74, 6) is -0.0457. The van der Waals surface area contributed by atoms with E-state index < -0.39 is 22.8 Å². The fourth-order valence-corrected chi connectivity index (χ4v) is 2.05. The second-order valence-electron chi connectivity index (χ2n) is 5.49. The Kier molecular flexibility index (Phi) is 7.14. The van der Waals surface area contributed by atoms with Crippen LogP contribution in [0.3, 0.4) is 0 Å². The van der Waals surface area contributed by atoms with E-state index in [9.17, 15) is 19.7 Å². The van der Waals surface area contributed by atoms with Crippen molar-refractivity contribution in [2.75, 3.05) is 13.7 Å². The van der Waals surface area contributed by atoms with Crippen LogP contribution in [-0.2, 0) is 9.59 Å². The Labute approximate surface area is 160 Å². The number of nitrogens with zero attached hydrogens (tertiary/aromatic N) is 1. The van der Waals surface area contributed by atoms with Crippen molar-refractivity contribution in [1.82, 2.24) is 10.9 Å². The molecule has 1 atom stereocenters. The van der Waals surface area contributed by atoms with E-state index in [2.05, 4.69) is 10.9 Å². The van der Waals surface area contributed by atoms with Crippen molar-refractivity contribution >= 4 is 17.5 Å². The second-order valence-corrected chi connectivity index (χ2v) is 5.49. The molecule has 10 heteroatoms. The third kappa shape index (κ3) is 5.87. The minimum absolute atomic E-state index is 0.0910. The molecule has 2 amide bonds. The zero-order valence-electron chi connectivity index (χ0n) is 15.2. The van der Waals surface area contributed by atoms with Crippen molar-refractivity contribution in [3.8, 4) is 17.2 Å². The molecule has 0 saturated carbocycles. The summed E-state index contributed by atoms with van der Waals surface area (Å²) in [6, 6.07) is 12.1. The molecule has 2 aromatic carbocycles. The lowest BCUT2D eigenvalue weighted by atomic mass is 10.3. The minimum atomic E-state index is -0.947. The summed E-state index contributed by atoms with van der Waals surface area (Å²) in [6.07, 6.45) is -0.947. The van der Waals surface area contributed by atoms with Crippen LogP contribution in [0, 0.1) is 10.1 Å². The van der Waals surface area contributed by atoms with Gasteiger partial charge in [0.15, 0.2) is 24.2 Å². The van der Waals surface area contributed by atoms with Crippen molar-refractivity contribution in [1.29, 1.82) is 0 Å². The van der Waals surface area contributed by atoms with Crippen molar-refractivity contribution in [3.63, 3.8) is 0 Å². The van der Waals surface area contributed by atoms with Crippen LogP contribution in [0.1, 0.15) is 6.92 Å².